The third-order valence-electron chi connectivity index (χ3n) is 1.66. The van der Waals surface area contributed by atoms with Crippen LogP contribution < -0.4 is 5.32 Å². The van der Waals surface area contributed by atoms with Crippen LogP contribution >= 0.6 is 12.4 Å². The number of hydrogen-bond donors (Lipinski definition) is 1. The first-order valence-corrected chi connectivity index (χ1v) is 4.14. The lowest BCUT2D eigenvalue weighted by Gasteiger charge is -2.02. The number of nitrogens with one attached hydrogen (secondary N) is 1. The zero-order valence-corrected chi connectivity index (χ0v) is 9.04. The number of hydrogen-bond acceptors (Lipinski definition) is 3. The van der Waals surface area contributed by atoms with E-state index in [-0.39, 0.29) is 24.9 Å². The molecule has 0 spiro atoms. The molecular formula is C10H12ClNO3. The number of benzene rings is 1. The molecule has 1 amide bonds. The van der Waals surface area contributed by atoms with Gasteiger partial charge in [-0.3, -0.25) is 9.59 Å². The maximum absolute atomic E-state index is 11.3. The highest BCUT2D eigenvalue weighted by atomic mass is 35.5. The van der Waals surface area contributed by atoms with Crippen LogP contribution in [0.1, 0.15) is 10.4 Å². The van der Waals surface area contributed by atoms with Gasteiger partial charge in [-0.25, -0.2) is 0 Å². The predicted molar refractivity (Wildman–Crippen MR) is 58.0 cm³/mol. The number of methoxy groups -OCH3 is 1. The Labute approximate surface area is 94.0 Å². The lowest BCUT2D eigenvalue weighted by Crippen LogP contribution is -2.29. The van der Waals surface area contributed by atoms with Crippen LogP contribution in [0.2, 0.25) is 0 Å². The first-order valence-electron chi connectivity index (χ1n) is 4.14. The van der Waals surface area contributed by atoms with Gasteiger partial charge in [0.1, 0.15) is 6.54 Å². The molecule has 0 bridgehead atoms. The monoisotopic (exact) mass is 229 g/mol. The molecule has 82 valence electrons. The lowest BCUT2D eigenvalue weighted by atomic mass is 10.2. The second-order valence-corrected chi connectivity index (χ2v) is 2.62. The van der Waals surface area contributed by atoms with Gasteiger partial charge in [0.15, 0.2) is 0 Å². The molecule has 1 N–H and O–H groups in total. The molecule has 1 aromatic carbocycles. The van der Waals surface area contributed by atoms with Crippen molar-refractivity contribution in [2.75, 3.05) is 13.7 Å². The second-order valence-electron chi connectivity index (χ2n) is 2.62. The summed E-state index contributed by atoms with van der Waals surface area (Å²) in [6.45, 7) is -0.107. The number of rotatable bonds is 3. The molecule has 0 fully saturated rings. The Kier molecular flexibility index (Phi) is 6.13. The molecule has 0 aliphatic carbocycles. The van der Waals surface area contributed by atoms with Gasteiger partial charge in [-0.15, -0.1) is 12.4 Å². The Morgan fingerprint density at radius 3 is 2.40 bits per heavy atom. The van der Waals surface area contributed by atoms with E-state index in [1.54, 1.807) is 24.3 Å². The van der Waals surface area contributed by atoms with Crippen molar-refractivity contribution < 1.29 is 14.3 Å². The molecule has 0 heterocycles. The van der Waals surface area contributed by atoms with Gasteiger partial charge < -0.3 is 10.1 Å². The Morgan fingerprint density at radius 1 is 1.27 bits per heavy atom. The van der Waals surface area contributed by atoms with E-state index in [1.807, 2.05) is 6.07 Å². The summed E-state index contributed by atoms with van der Waals surface area (Å²) in [7, 11) is 1.27. The van der Waals surface area contributed by atoms with Crippen molar-refractivity contribution in [3.8, 4) is 0 Å². The second kappa shape index (κ2) is 6.84. The zero-order valence-electron chi connectivity index (χ0n) is 8.23. The summed E-state index contributed by atoms with van der Waals surface area (Å²) in [4.78, 5) is 22.1. The molecule has 0 saturated carbocycles. The van der Waals surface area contributed by atoms with Gasteiger partial charge in [-0.05, 0) is 12.1 Å². The smallest absolute Gasteiger partial charge is 0.325 e. The molecule has 1 aromatic rings. The van der Waals surface area contributed by atoms with E-state index in [1.165, 1.54) is 7.11 Å². The molecule has 0 aliphatic rings. The van der Waals surface area contributed by atoms with E-state index in [0.717, 1.165) is 0 Å². The quantitative estimate of drug-likeness (QED) is 0.788. The minimum atomic E-state index is -0.464. The number of amides is 1. The van der Waals surface area contributed by atoms with E-state index < -0.39 is 5.97 Å². The average molecular weight is 230 g/mol. The van der Waals surface area contributed by atoms with Crippen LogP contribution in [0.25, 0.3) is 0 Å². The first kappa shape index (κ1) is 13.5. The van der Waals surface area contributed by atoms with Crippen LogP contribution in [0, 0.1) is 0 Å². The number of halogens is 1. The zero-order chi connectivity index (χ0) is 10.4. The minimum Gasteiger partial charge on any atom is -0.468 e. The van der Waals surface area contributed by atoms with Gasteiger partial charge in [0.25, 0.3) is 5.91 Å². The summed E-state index contributed by atoms with van der Waals surface area (Å²) < 4.78 is 4.38. The standard InChI is InChI=1S/C10H11NO3.ClH/c1-14-9(12)7-11-10(13)8-5-3-2-4-6-8;/h2-6H,7H2,1H3,(H,11,13);1H. The molecule has 0 radical (unpaired) electrons. The summed E-state index contributed by atoms with van der Waals surface area (Å²) in [6.07, 6.45) is 0. The molecule has 15 heavy (non-hydrogen) atoms. The van der Waals surface area contributed by atoms with Gasteiger partial charge >= 0.3 is 5.97 Å². The lowest BCUT2D eigenvalue weighted by molar-refractivity contribution is -0.139. The van der Waals surface area contributed by atoms with Crippen LogP contribution in [-0.2, 0) is 9.53 Å². The van der Waals surface area contributed by atoms with Crippen molar-refractivity contribution in [2.24, 2.45) is 0 Å². The molecular weight excluding hydrogens is 218 g/mol. The Bertz CT molecular complexity index is 327. The third kappa shape index (κ3) is 4.46. The van der Waals surface area contributed by atoms with Crippen LogP contribution in [-0.4, -0.2) is 25.5 Å². The van der Waals surface area contributed by atoms with Gasteiger partial charge in [-0.2, -0.15) is 0 Å². The average Bonchev–Trinajstić information content (AvgIpc) is 2.26. The number of esters is 1. The topological polar surface area (TPSA) is 55.4 Å². The largest absolute Gasteiger partial charge is 0.468 e. The van der Waals surface area contributed by atoms with E-state index in [0.29, 0.717) is 5.56 Å². The molecule has 0 saturated heterocycles. The van der Waals surface area contributed by atoms with Crippen molar-refractivity contribution in [2.45, 2.75) is 0 Å². The molecule has 4 nitrogen and oxygen atoms in total. The number of carbonyl (C=O) groups excluding carboxylic acids is 2. The van der Waals surface area contributed by atoms with Crippen molar-refractivity contribution in [1.82, 2.24) is 5.32 Å². The van der Waals surface area contributed by atoms with E-state index in [9.17, 15) is 9.59 Å². The highest BCUT2D eigenvalue weighted by molar-refractivity contribution is 5.95. The van der Waals surface area contributed by atoms with Crippen molar-refractivity contribution >= 4 is 24.3 Å². The molecule has 1 rings (SSSR count). The van der Waals surface area contributed by atoms with Gasteiger partial charge in [0.2, 0.25) is 0 Å². The molecule has 5 heteroatoms. The Morgan fingerprint density at radius 2 is 1.87 bits per heavy atom. The Balaban J connectivity index is 0.00000196. The molecule has 0 aromatic heterocycles. The summed E-state index contributed by atoms with van der Waals surface area (Å²) in [5.74, 6) is -0.745. The van der Waals surface area contributed by atoms with Gasteiger partial charge in [-0.1, -0.05) is 18.2 Å². The fourth-order valence-corrected chi connectivity index (χ4v) is 0.916. The molecule has 0 atom stereocenters. The van der Waals surface area contributed by atoms with Crippen LogP contribution in [0.4, 0.5) is 0 Å². The van der Waals surface area contributed by atoms with Crippen molar-refractivity contribution in [1.29, 1.82) is 0 Å². The van der Waals surface area contributed by atoms with Crippen LogP contribution in [0.15, 0.2) is 30.3 Å². The SMILES string of the molecule is COC(=O)CNC(=O)c1ccccc1.Cl. The maximum atomic E-state index is 11.3. The van der Waals surface area contributed by atoms with E-state index in [2.05, 4.69) is 10.1 Å². The summed E-state index contributed by atoms with van der Waals surface area (Å²) >= 11 is 0. The Hall–Kier alpha value is -1.55. The first-order chi connectivity index (χ1) is 6.74. The summed E-state index contributed by atoms with van der Waals surface area (Å²) in [5, 5.41) is 2.44. The normalized spacial score (nSPS) is 8.60. The van der Waals surface area contributed by atoms with E-state index in [4.69, 9.17) is 0 Å². The minimum absolute atomic E-state index is 0. The highest BCUT2D eigenvalue weighted by Gasteiger charge is 2.06. The molecule has 0 aliphatic heterocycles. The third-order valence-corrected chi connectivity index (χ3v) is 1.66. The fourth-order valence-electron chi connectivity index (χ4n) is 0.916. The van der Waals surface area contributed by atoms with Gasteiger partial charge in [0, 0.05) is 5.56 Å². The fraction of sp³-hybridized carbons (Fsp3) is 0.200. The van der Waals surface area contributed by atoms with E-state index >= 15 is 0 Å². The van der Waals surface area contributed by atoms with Crippen LogP contribution in [0.3, 0.4) is 0 Å². The molecule has 0 unspecified atom stereocenters. The van der Waals surface area contributed by atoms with Crippen molar-refractivity contribution in [3.63, 3.8) is 0 Å². The predicted octanol–water partition coefficient (Wildman–Crippen LogP) is 1.01. The van der Waals surface area contributed by atoms with Crippen molar-refractivity contribution in [3.05, 3.63) is 35.9 Å². The van der Waals surface area contributed by atoms with Crippen LogP contribution in [0.5, 0.6) is 0 Å². The highest BCUT2D eigenvalue weighted by Crippen LogP contribution is 1.97. The number of carbonyl (C=O) groups is 2. The maximum Gasteiger partial charge on any atom is 0.325 e. The summed E-state index contributed by atoms with van der Waals surface area (Å²) in [6, 6.07) is 8.68. The number of ether oxygens (including phenoxy) is 1. The van der Waals surface area contributed by atoms with Gasteiger partial charge in [0.05, 0.1) is 7.11 Å². The summed E-state index contributed by atoms with van der Waals surface area (Å²) in [5.41, 5.74) is 0.524.